The number of aliphatic hydroxyl groups excluding tert-OH is 1. The van der Waals surface area contributed by atoms with Gasteiger partial charge in [-0.3, -0.25) is 10.1 Å². The number of aryl methyl sites for hydroxylation is 1. The molecular formula is C14H20N2O3. The Morgan fingerprint density at radius 3 is 2.74 bits per heavy atom. The van der Waals surface area contributed by atoms with Crippen molar-refractivity contribution in [2.45, 2.75) is 45.9 Å². The largest absolute Gasteiger partial charge is 0.392 e. The Morgan fingerprint density at radius 2 is 2.21 bits per heavy atom. The fourth-order valence-electron chi connectivity index (χ4n) is 2.45. The first-order valence-electron chi connectivity index (χ1n) is 6.47. The van der Waals surface area contributed by atoms with Gasteiger partial charge < -0.3 is 10.4 Å². The maximum atomic E-state index is 10.9. The SMILES string of the molecule is Cc1ccc(CNC2CC(O)C2(C)C)cc1[N+](=O)[O-]. The van der Waals surface area contributed by atoms with Crippen molar-refractivity contribution in [3.05, 3.63) is 39.4 Å². The summed E-state index contributed by atoms with van der Waals surface area (Å²) in [4.78, 5) is 10.5. The summed E-state index contributed by atoms with van der Waals surface area (Å²) in [7, 11) is 0. The van der Waals surface area contributed by atoms with Crippen LogP contribution in [0.1, 0.15) is 31.4 Å². The number of hydrogen-bond donors (Lipinski definition) is 2. The molecule has 0 amide bonds. The van der Waals surface area contributed by atoms with Gasteiger partial charge in [-0.25, -0.2) is 0 Å². The molecular weight excluding hydrogens is 244 g/mol. The molecule has 0 heterocycles. The Bertz CT molecular complexity index is 499. The van der Waals surface area contributed by atoms with Crippen molar-refractivity contribution in [1.29, 1.82) is 0 Å². The summed E-state index contributed by atoms with van der Waals surface area (Å²) in [6, 6.07) is 5.54. The lowest BCUT2D eigenvalue weighted by Gasteiger charge is -2.49. The molecule has 104 valence electrons. The Balaban J connectivity index is 2.01. The highest BCUT2D eigenvalue weighted by Gasteiger charge is 2.46. The molecule has 1 saturated carbocycles. The zero-order chi connectivity index (χ0) is 14.2. The van der Waals surface area contributed by atoms with Crippen molar-refractivity contribution in [1.82, 2.24) is 5.32 Å². The zero-order valence-electron chi connectivity index (χ0n) is 11.5. The van der Waals surface area contributed by atoms with Gasteiger partial charge >= 0.3 is 0 Å². The second-order valence-electron chi connectivity index (χ2n) is 5.88. The van der Waals surface area contributed by atoms with Crippen LogP contribution in [-0.2, 0) is 6.54 Å². The molecule has 2 N–H and O–H groups in total. The Labute approximate surface area is 112 Å². The van der Waals surface area contributed by atoms with Crippen molar-refractivity contribution >= 4 is 5.69 Å². The minimum atomic E-state index is -0.351. The Hall–Kier alpha value is -1.46. The van der Waals surface area contributed by atoms with Gasteiger partial charge in [-0.1, -0.05) is 26.0 Å². The average molecular weight is 264 g/mol. The fourth-order valence-corrected chi connectivity index (χ4v) is 2.45. The standard InChI is InChI=1S/C14H20N2O3/c1-9-4-5-10(6-11(9)16(18)19)8-15-12-7-13(17)14(12,2)3/h4-6,12-13,15,17H,7-8H2,1-3H3. The molecule has 1 aromatic carbocycles. The monoisotopic (exact) mass is 264 g/mol. The number of aliphatic hydroxyl groups is 1. The summed E-state index contributed by atoms with van der Waals surface area (Å²) in [6.45, 7) is 6.37. The summed E-state index contributed by atoms with van der Waals surface area (Å²) < 4.78 is 0. The minimum absolute atomic E-state index is 0.128. The summed E-state index contributed by atoms with van der Waals surface area (Å²) in [5, 5.41) is 23.9. The van der Waals surface area contributed by atoms with Crippen LogP contribution < -0.4 is 5.32 Å². The van der Waals surface area contributed by atoms with E-state index in [1.807, 2.05) is 19.9 Å². The zero-order valence-corrected chi connectivity index (χ0v) is 11.5. The molecule has 5 heteroatoms. The van der Waals surface area contributed by atoms with E-state index in [9.17, 15) is 15.2 Å². The van der Waals surface area contributed by atoms with Crippen molar-refractivity contribution < 1.29 is 10.0 Å². The van der Waals surface area contributed by atoms with Crippen LogP contribution >= 0.6 is 0 Å². The molecule has 0 saturated heterocycles. The first-order valence-corrected chi connectivity index (χ1v) is 6.47. The molecule has 5 nitrogen and oxygen atoms in total. The number of nitro groups is 1. The van der Waals surface area contributed by atoms with E-state index in [1.165, 1.54) is 0 Å². The van der Waals surface area contributed by atoms with E-state index in [0.29, 0.717) is 12.1 Å². The van der Waals surface area contributed by atoms with Crippen LogP contribution in [-0.4, -0.2) is 22.2 Å². The third-order valence-electron chi connectivity index (χ3n) is 4.24. The minimum Gasteiger partial charge on any atom is -0.392 e. The van der Waals surface area contributed by atoms with Gasteiger partial charge in [0.25, 0.3) is 5.69 Å². The predicted molar refractivity (Wildman–Crippen MR) is 72.9 cm³/mol. The van der Waals surface area contributed by atoms with Crippen LogP contribution in [0.15, 0.2) is 18.2 Å². The molecule has 1 fully saturated rings. The fraction of sp³-hybridized carbons (Fsp3) is 0.571. The Kier molecular flexibility index (Phi) is 3.60. The van der Waals surface area contributed by atoms with E-state index in [1.54, 1.807) is 19.1 Å². The highest BCUT2D eigenvalue weighted by molar-refractivity contribution is 5.42. The van der Waals surface area contributed by atoms with E-state index >= 15 is 0 Å². The molecule has 1 aromatic rings. The molecule has 2 atom stereocenters. The Morgan fingerprint density at radius 1 is 1.53 bits per heavy atom. The number of nitrogens with one attached hydrogen (secondary N) is 1. The van der Waals surface area contributed by atoms with Crippen LogP contribution in [0.25, 0.3) is 0 Å². The second kappa shape index (κ2) is 4.90. The topological polar surface area (TPSA) is 75.4 Å². The molecule has 19 heavy (non-hydrogen) atoms. The average Bonchev–Trinajstić information content (AvgIpc) is 2.35. The molecule has 1 aliphatic carbocycles. The van der Waals surface area contributed by atoms with Crippen molar-refractivity contribution in [2.75, 3.05) is 0 Å². The van der Waals surface area contributed by atoms with Gasteiger partial charge in [0.2, 0.25) is 0 Å². The maximum absolute atomic E-state index is 10.9. The van der Waals surface area contributed by atoms with E-state index < -0.39 is 0 Å². The number of rotatable bonds is 4. The molecule has 2 unspecified atom stereocenters. The molecule has 0 bridgehead atoms. The molecule has 2 rings (SSSR count). The van der Waals surface area contributed by atoms with E-state index in [0.717, 1.165) is 12.0 Å². The van der Waals surface area contributed by atoms with Crippen LogP contribution in [0.3, 0.4) is 0 Å². The first-order chi connectivity index (χ1) is 8.82. The lowest BCUT2D eigenvalue weighted by atomic mass is 9.64. The second-order valence-corrected chi connectivity index (χ2v) is 5.88. The van der Waals surface area contributed by atoms with Crippen molar-refractivity contribution in [2.24, 2.45) is 5.41 Å². The van der Waals surface area contributed by atoms with Crippen LogP contribution in [0, 0.1) is 22.5 Å². The predicted octanol–water partition coefficient (Wildman–Crippen LogP) is 2.15. The number of nitro benzene ring substituents is 1. The third-order valence-corrected chi connectivity index (χ3v) is 4.24. The summed E-state index contributed by atoms with van der Waals surface area (Å²) >= 11 is 0. The summed E-state index contributed by atoms with van der Waals surface area (Å²) in [6.07, 6.45) is 0.471. The van der Waals surface area contributed by atoms with Gasteiger partial charge in [0.1, 0.15) is 0 Å². The lowest BCUT2D eigenvalue weighted by molar-refractivity contribution is -0.385. The molecule has 0 aromatic heterocycles. The van der Waals surface area contributed by atoms with Gasteiger partial charge in [0.15, 0.2) is 0 Å². The third kappa shape index (κ3) is 2.62. The lowest BCUT2D eigenvalue weighted by Crippen LogP contribution is -2.59. The first kappa shape index (κ1) is 14.0. The van der Waals surface area contributed by atoms with Crippen molar-refractivity contribution in [3.8, 4) is 0 Å². The van der Waals surface area contributed by atoms with Crippen LogP contribution in [0.2, 0.25) is 0 Å². The van der Waals surface area contributed by atoms with Gasteiger partial charge in [-0.05, 0) is 18.9 Å². The summed E-state index contributed by atoms with van der Waals surface area (Å²) in [5.74, 6) is 0. The van der Waals surface area contributed by atoms with E-state index in [4.69, 9.17) is 0 Å². The smallest absolute Gasteiger partial charge is 0.272 e. The van der Waals surface area contributed by atoms with Crippen LogP contribution in [0.4, 0.5) is 5.69 Å². The normalized spacial score (nSPS) is 24.8. The molecule has 0 spiro atoms. The highest BCUT2D eigenvalue weighted by atomic mass is 16.6. The van der Waals surface area contributed by atoms with Gasteiger partial charge in [0, 0.05) is 29.6 Å². The van der Waals surface area contributed by atoms with Crippen molar-refractivity contribution in [3.63, 3.8) is 0 Å². The number of hydrogen-bond acceptors (Lipinski definition) is 4. The molecule has 0 radical (unpaired) electrons. The quantitative estimate of drug-likeness (QED) is 0.645. The van der Waals surface area contributed by atoms with E-state index in [2.05, 4.69) is 5.32 Å². The number of benzene rings is 1. The van der Waals surface area contributed by atoms with Gasteiger partial charge in [-0.15, -0.1) is 0 Å². The van der Waals surface area contributed by atoms with Gasteiger partial charge in [0.05, 0.1) is 11.0 Å². The van der Waals surface area contributed by atoms with Gasteiger partial charge in [-0.2, -0.15) is 0 Å². The highest BCUT2D eigenvalue weighted by Crippen LogP contribution is 2.40. The summed E-state index contributed by atoms with van der Waals surface area (Å²) in [5.41, 5.74) is 1.60. The van der Waals surface area contributed by atoms with Crippen LogP contribution in [0.5, 0.6) is 0 Å². The number of nitrogens with zero attached hydrogens (tertiary/aromatic N) is 1. The van der Waals surface area contributed by atoms with E-state index in [-0.39, 0.29) is 28.2 Å². The maximum Gasteiger partial charge on any atom is 0.272 e. The molecule has 0 aliphatic heterocycles. The molecule has 1 aliphatic rings.